The van der Waals surface area contributed by atoms with E-state index in [0.717, 1.165) is 0 Å². The van der Waals surface area contributed by atoms with E-state index >= 15 is 0 Å². The molecule has 0 radical (unpaired) electrons. The van der Waals surface area contributed by atoms with E-state index in [2.05, 4.69) is 10.1 Å². The highest BCUT2D eigenvalue weighted by atomic mass is 16.3. The lowest BCUT2D eigenvalue weighted by atomic mass is 9.86. The summed E-state index contributed by atoms with van der Waals surface area (Å²) in [6.45, 7) is 5.65. The smallest absolute Gasteiger partial charge is 0.185 e. The second-order valence-corrected chi connectivity index (χ2v) is 8.33. The van der Waals surface area contributed by atoms with Crippen LogP contribution < -0.4 is 0 Å². The number of nitrogens with zero attached hydrogens (tertiary/aromatic N) is 3. The fraction of sp³-hybridized carbons (Fsp3) is 0.160. The summed E-state index contributed by atoms with van der Waals surface area (Å²) in [6.07, 6.45) is 0. The van der Waals surface area contributed by atoms with E-state index in [0.29, 0.717) is 34.0 Å². The average Bonchev–Trinajstić information content (AvgIpc) is 3.18. The number of hydrogen-bond donors (Lipinski definition) is 2. The SMILES string of the molecule is CC(C)(C)C(=O)c1ccc(-n2nc(-c3ccccc3O)nc2-c2ccccc2O)cc1. The first-order valence-corrected chi connectivity index (χ1v) is 9.95. The molecule has 6 heteroatoms. The van der Waals surface area contributed by atoms with Crippen LogP contribution in [-0.2, 0) is 0 Å². The third-order valence-electron chi connectivity index (χ3n) is 4.95. The summed E-state index contributed by atoms with van der Waals surface area (Å²) in [6, 6.07) is 20.8. The van der Waals surface area contributed by atoms with Crippen LogP contribution in [0.15, 0.2) is 72.8 Å². The van der Waals surface area contributed by atoms with Gasteiger partial charge in [-0.1, -0.05) is 45.0 Å². The molecule has 0 atom stereocenters. The quantitative estimate of drug-likeness (QED) is 0.447. The molecule has 0 aliphatic heterocycles. The molecule has 0 unspecified atom stereocenters. The van der Waals surface area contributed by atoms with Crippen molar-refractivity contribution in [3.63, 3.8) is 0 Å². The molecule has 2 N–H and O–H groups in total. The number of benzene rings is 3. The number of Topliss-reactive ketones (excluding diaryl/α,β-unsaturated/α-hetero) is 1. The number of para-hydroxylation sites is 2. The van der Waals surface area contributed by atoms with Crippen molar-refractivity contribution in [1.29, 1.82) is 0 Å². The lowest BCUT2D eigenvalue weighted by molar-refractivity contribution is 0.0858. The summed E-state index contributed by atoms with van der Waals surface area (Å²) in [5.74, 6) is 0.931. The summed E-state index contributed by atoms with van der Waals surface area (Å²) in [4.78, 5) is 17.2. The van der Waals surface area contributed by atoms with Gasteiger partial charge in [0.2, 0.25) is 0 Å². The van der Waals surface area contributed by atoms with Crippen molar-refractivity contribution in [3.05, 3.63) is 78.4 Å². The Balaban J connectivity index is 1.86. The summed E-state index contributed by atoms with van der Waals surface area (Å²) < 4.78 is 1.60. The van der Waals surface area contributed by atoms with Crippen LogP contribution in [0.4, 0.5) is 0 Å². The minimum absolute atomic E-state index is 0.0495. The van der Waals surface area contributed by atoms with Gasteiger partial charge >= 0.3 is 0 Å². The van der Waals surface area contributed by atoms with E-state index in [-0.39, 0.29) is 17.3 Å². The van der Waals surface area contributed by atoms with Gasteiger partial charge in [-0.3, -0.25) is 4.79 Å². The maximum Gasteiger partial charge on any atom is 0.185 e. The van der Waals surface area contributed by atoms with E-state index in [9.17, 15) is 15.0 Å². The maximum absolute atomic E-state index is 12.6. The van der Waals surface area contributed by atoms with Crippen LogP contribution in [-0.4, -0.2) is 30.8 Å². The number of hydrogen-bond acceptors (Lipinski definition) is 5. The van der Waals surface area contributed by atoms with Crippen LogP contribution in [0, 0.1) is 5.41 Å². The van der Waals surface area contributed by atoms with Crippen molar-refractivity contribution in [2.45, 2.75) is 20.8 Å². The Morgan fingerprint density at radius 3 is 1.90 bits per heavy atom. The first-order valence-electron chi connectivity index (χ1n) is 9.95. The maximum atomic E-state index is 12.6. The molecule has 0 spiro atoms. The molecule has 6 nitrogen and oxygen atoms in total. The zero-order valence-corrected chi connectivity index (χ0v) is 17.6. The van der Waals surface area contributed by atoms with Crippen molar-refractivity contribution < 1.29 is 15.0 Å². The molecule has 4 rings (SSSR count). The molecule has 31 heavy (non-hydrogen) atoms. The van der Waals surface area contributed by atoms with Crippen molar-refractivity contribution >= 4 is 5.78 Å². The largest absolute Gasteiger partial charge is 0.507 e. The second kappa shape index (κ2) is 7.72. The normalized spacial score (nSPS) is 11.5. The lowest BCUT2D eigenvalue weighted by Gasteiger charge is -2.16. The van der Waals surface area contributed by atoms with E-state index in [4.69, 9.17) is 0 Å². The summed E-state index contributed by atoms with van der Waals surface area (Å²) in [5.41, 5.74) is 1.80. The number of rotatable bonds is 4. The predicted molar refractivity (Wildman–Crippen MR) is 119 cm³/mol. The molecule has 1 heterocycles. The van der Waals surface area contributed by atoms with Gasteiger partial charge in [-0.15, -0.1) is 5.10 Å². The number of carbonyl (C=O) groups excluding carboxylic acids is 1. The number of aromatic hydroxyl groups is 2. The van der Waals surface area contributed by atoms with Crippen molar-refractivity contribution in [2.24, 2.45) is 5.41 Å². The van der Waals surface area contributed by atoms with Gasteiger partial charge in [0.15, 0.2) is 17.4 Å². The number of ketones is 1. The van der Waals surface area contributed by atoms with Crippen molar-refractivity contribution in [2.75, 3.05) is 0 Å². The van der Waals surface area contributed by atoms with Crippen LogP contribution >= 0.6 is 0 Å². The molecular formula is C25H23N3O3. The molecule has 0 saturated heterocycles. The van der Waals surface area contributed by atoms with Gasteiger partial charge in [0.05, 0.1) is 16.8 Å². The highest BCUT2D eigenvalue weighted by Crippen LogP contribution is 2.33. The predicted octanol–water partition coefficient (Wildman–Crippen LogP) is 5.24. The third-order valence-corrected chi connectivity index (χ3v) is 4.95. The first-order chi connectivity index (χ1) is 14.8. The van der Waals surface area contributed by atoms with E-state index < -0.39 is 5.41 Å². The lowest BCUT2D eigenvalue weighted by Crippen LogP contribution is -2.20. The average molecular weight is 413 g/mol. The van der Waals surface area contributed by atoms with E-state index in [1.54, 1.807) is 77.5 Å². The Morgan fingerprint density at radius 2 is 1.35 bits per heavy atom. The molecule has 156 valence electrons. The molecule has 0 bridgehead atoms. The Morgan fingerprint density at radius 1 is 0.806 bits per heavy atom. The van der Waals surface area contributed by atoms with Crippen molar-refractivity contribution in [1.82, 2.24) is 14.8 Å². The Kier molecular flexibility index (Phi) is 5.07. The second-order valence-electron chi connectivity index (χ2n) is 8.33. The van der Waals surface area contributed by atoms with Crippen LogP contribution in [0.2, 0.25) is 0 Å². The third kappa shape index (κ3) is 3.92. The molecule has 0 aliphatic carbocycles. The molecular weight excluding hydrogens is 390 g/mol. The first kappa shape index (κ1) is 20.3. The molecule has 3 aromatic carbocycles. The fourth-order valence-corrected chi connectivity index (χ4v) is 3.29. The topological polar surface area (TPSA) is 88.2 Å². The molecule has 0 fully saturated rings. The monoisotopic (exact) mass is 413 g/mol. The van der Waals surface area contributed by atoms with Gasteiger partial charge in [-0.2, -0.15) is 0 Å². The highest BCUT2D eigenvalue weighted by Gasteiger charge is 2.23. The van der Waals surface area contributed by atoms with Crippen LogP contribution in [0.1, 0.15) is 31.1 Å². The summed E-state index contributed by atoms with van der Waals surface area (Å²) in [7, 11) is 0. The molecule has 1 aromatic heterocycles. The van der Waals surface area contributed by atoms with Gasteiger partial charge < -0.3 is 10.2 Å². The Hall–Kier alpha value is -3.93. The Labute approximate surface area is 180 Å². The number of aromatic nitrogens is 3. The standard InChI is InChI=1S/C25H23N3O3/c1-25(2,3)22(31)16-12-14-17(15-13-16)28-24(19-9-5-7-11-21(19)30)26-23(27-28)18-8-4-6-10-20(18)29/h4-15,29-30H,1-3H3. The summed E-state index contributed by atoms with van der Waals surface area (Å²) >= 11 is 0. The fourth-order valence-electron chi connectivity index (χ4n) is 3.29. The zero-order chi connectivity index (χ0) is 22.2. The molecule has 0 saturated carbocycles. The van der Waals surface area contributed by atoms with Crippen LogP contribution in [0.5, 0.6) is 11.5 Å². The van der Waals surface area contributed by atoms with Gasteiger partial charge in [0, 0.05) is 11.0 Å². The highest BCUT2D eigenvalue weighted by molar-refractivity contribution is 5.99. The Bertz CT molecular complexity index is 1250. The molecule has 0 aliphatic rings. The van der Waals surface area contributed by atoms with Gasteiger partial charge in [0.25, 0.3) is 0 Å². The van der Waals surface area contributed by atoms with Crippen LogP contribution in [0.3, 0.4) is 0 Å². The van der Waals surface area contributed by atoms with Crippen molar-refractivity contribution in [3.8, 4) is 40.0 Å². The zero-order valence-electron chi connectivity index (χ0n) is 17.6. The minimum atomic E-state index is -0.478. The minimum Gasteiger partial charge on any atom is -0.507 e. The van der Waals surface area contributed by atoms with E-state index in [1.807, 2.05) is 20.8 Å². The number of carbonyl (C=O) groups is 1. The molecule has 0 amide bonds. The summed E-state index contributed by atoms with van der Waals surface area (Å²) in [5, 5.41) is 25.3. The number of phenols is 2. The molecule has 4 aromatic rings. The van der Waals surface area contributed by atoms with Crippen LogP contribution in [0.25, 0.3) is 28.5 Å². The van der Waals surface area contributed by atoms with Gasteiger partial charge in [-0.25, -0.2) is 9.67 Å². The van der Waals surface area contributed by atoms with E-state index in [1.165, 1.54) is 0 Å². The van der Waals surface area contributed by atoms with Gasteiger partial charge in [-0.05, 0) is 48.5 Å². The number of phenolic OH excluding ortho intramolecular Hbond substituents is 2. The van der Waals surface area contributed by atoms with Gasteiger partial charge in [0.1, 0.15) is 11.5 Å².